The summed E-state index contributed by atoms with van der Waals surface area (Å²) in [6.07, 6.45) is 0.471. The van der Waals surface area contributed by atoms with Crippen LogP contribution in [0.3, 0.4) is 0 Å². The van der Waals surface area contributed by atoms with E-state index in [1.54, 1.807) is 6.20 Å². The predicted octanol–water partition coefficient (Wildman–Crippen LogP) is 5.78. The van der Waals surface area contributed by atoms with Crippen molar-refractivity contribution in [3.63, 3.8) is 0 Å². The van der Waals surface area contributed by atoms with Gasteiger partial charge in [-0.05, 0) is 55.9 Å². The number of alkyl halides is 2. The van der Waals surface area contributed by atoms with E-state index in [1.165, 1.54) is 0 Å². The number of pyridine rings is 1. The summed E-state index contributed by atoms with van der Waals surface area (Å²) in [5.74, 6) is -2.96. The van der Waals surface area contributed by atoms with Crippen molar-refractivity contribution in [2.75, 3.05) is 18.4 Å². The fourth-order valence-electron chi connectivity index (χ4n) is 5.37. The van der Waals surface area contributed by atoms with E-state index in [1.807, 2.05) is 18.2 Å². The Labute approximate surface area is 199 Å². The second-order valence-electron chi connectivity index (χ2n) is 9.30. The Bertz CT molecular complexity index is 1190. The van der Waals surface area contributed by atoms with Gasteiger partial charge in [0.2, 0.25) is 0 Å². The van der Waals surface area contributed by atoms with Crippen LogP contribution in [0.5, 0.6) is 0 Å². The SMILES string of the molecule is C[C@@H](c1ccccn1)N1C[C@H]2CC(Nc3cc(C(F)F)c(-c4cc(F)cc(F)c4F)nn3)C[C@@H]2C1. The molecule has 5 nitrogen and oxygen atoms in total. The van der Waals surface area contributed by atoms with E-state index in [0.717, 1.165) is 37.7 Å². The molecule has 0 radical (unpaired) electrons. The highest BCUT2D eigenvalue weighted by Gasteiger charge is 2.42. The molecular formula is C25H24F5N5. The van der Waals surface area contributed by atoms with Crippen LogP contribution in [-0.2, 0) is 0 Å². The smallest absolute Gasteiger partial charge is 0.266 e. The maximum absolute atomic E-state index is 14.2. The molecule has 5 rings (SSSR count). The number of halogens is 5. The Kier molecular flexibility index (Phi) is 6.39. The van der Waals surface area contributed by atoms with Gasteiger partial charge in [0.15, 0.2) is 11.6 Å². The molecule has 1 aromatic carbocycles. The highest BCUT2D eigenvalue weighted by molar-refractivity contribution is 5.65. The third-order valence-corrected chi connectivity index (χ3v) is 7.10. The van der Waals surface area contributed by atoms with Gasteiger partial charge in [0.05, 0.1) is 5.69 Å². The first-order valence-electron chi connectivity index (χ1n) is 11.5. The predicted molar refractivity (Wildman–Crippen MR) is 120 cm³/mol. The van der Waals surface area contributed by atoms with Gasteiger partial charge in [0, 0.05) is 48.6 Å². The quantitative estimate of drug-likeness (QED) is 0.352. The van der Waals surface area contributed by atoms with Crippen molar-refractivity contribution in [3.05, 3.63) is 71.3 Å². The largest absolute Gasteiger partial charge is 0.366 e. The average molecular weight is 489 g/mol. The van der Waals surface area contributed by atoms with Gasteiger partial charge in [-0.2, -0.15) is 0 Å². The Balaban J connectivity index is 1.28. The molecule has 2 fully saturated rings. The number of likely N-dealkylation sites (tertiary alicyclic amines) is 1. The first kappa shape index (κ1) is 23.6. The number of fused-ring (bicyclic) bond motifs is 1. The van der Waals surface area contributed by atoms with Gasteiger partial charge in [0.1, 0.15) is 17.3 Å². The van der Waals surface area contributed by atoms with E-state index in [4.69, 9.17) is 0 Å². The number of hydrogen-bond donors (Lipinski definition) is 1. The Hall–Kier alpha value is -3.14. The number of anilines is 1. The lowest BCUT2D eigenvalue weighted by Crippen LogP contribution is -2.28. The lowest BCUT2D eigenvalue weighted by atomic mass is 10.0. The van der Waals surface area contributed by atoms with Crippen LogP contribution in [0.15, 0.2) is 42.6 Å². The van der Waals surface area contributed by atoms with Gasteiger partial charge in [-0.15, -0.1) is 10.2 Å². The molecule has 0 unspecified atom stereocenters. The summed E-state index contributed by atoms with van der Waals surface area (Å²) < 4.78 is 69.0. The van der Waals surface area contributed by atoms with Crippen LogP contribution in [0.4, 0.5) is 27.8 Å². The zero-order valence-electron chi connectivity index (χ0n) is 18.9. The first-order valence-corrected chi connectivity index (χ1v) is 11.5. The molecular weight excluding hydrogens is 465 g/mol. The number of aromatic nitrogens is 3. The highest BCUT2D eigenvalue weighted by atomic mass is 19.3. The van der Waals surface area contributed by atoms with Gasteiger partial charge in [-0.1, -0.05) is 6.07 Å². The lowest BCUT2D eigenvalue weighted by molar-refractivity contribution is 0.151. The van der Waals surface area contributed by atoms with Crippen molar-refractivity contribution < 1.29 is 22.0 Å². The third-order valence-electron chi connectivity index (χ3n) is 7.10. The summed E-state index contributed by atoms with van der Waals surface area (Å²) in [6.45, 7) is 4.01. The molecule has 0 amide bonds. The molecule has 3 aromatic rings. The van der Waals surface area contributed by atoms with Crippen LogP contribution in [0.1, 0.15) is 43.5 Å². The van der Waals surface area contributed by atoms with Gasteiger partial charge >= 0.3 is 0 Å². The molecule has 1 saturated heterocycles. The normalized spacial score (nSPS) is 21.5. The zero-order chi connectivity index (χ0) is 24.7. The van der Waals surface area contributed by atoms with E-state index >= 15 is 0 Å². The van der Waals surface area contributed by atoms with Crippen molar-refractivity contribution >= 4 is 5.82 Å². The highest BCUT2D eigenvalue weighted by Crippen LogP contribution is 2.42. The molecule has 1 aliphatic heterocycles. The number of nitrogens with zero attached hydrogens (tertiary/aromatic N) is 4. The van der Waals surface area contributed by atoms with Crippen molar-refractivity contribution in [2.45, 2.75) is 38.3 Å². The number of nitrogens with one attached hydrogen (secondary N) is 1. The zero-order valence-corrected chi connectivity index (χ0v) is 18.9. The molecule has 2 aromatic heterocycles. The van der Waals surface area contributed by atoms with Crippen LogP contribution in [-0.4, -0.2) is 39.2 Å². The second-order valence-corrected chi connectivity index (χ2v) is 9.30. The summed E-state index contributed by atoms with van der Waals surface area (Å²) in [7, 11) is 0. The van der Waals surface area contributed by atoms with Crippen molar-refractivity contribution in [1.29, 1.82) is 0 Å². The molecule has 184 valence electrons. The molecule has 35 heavy (non-hydrogen) atoms. The summed E-state index contributed by atoms with van der Waals surface area (Å²) in [5.41, 5.74) is -0.870. The molecule has 1 saturated carbocycles. The first-order chi connectivity index (χ1) is 16.8. The number of hydrogen-bond acceptors (Lipinski definition) is 5. The Morgan fingerprint density at radius 1 is 1.00 bits per heavy atom. The summed E-state index contributed by atoms with van der Waals surface area (Å²) >= 11 is 0. The van der Waals surface area contributed by atoms with Gasteiger partial charge < -0.3 is 5.32 Å². The minimum Gasteiger partial charge on any atom is -0.366 e. The molecule has 0 spiro atoms. The minimum atomic E-state index is -3.03. The molecule has 3 atom stereocenters. The minimum absolute atomic E-state index is 0.0336. The third kappa shape index (κ3) is 4.71. The molecule has 0 bridgehead atoms. The monoisotopic (exact) mass is 489 g/mol. The summed E-state index contributed by atoms with van der Waals surface area (Å²) in [5, 5.41) is 10.8. The van der Waals surface area contributed by atoms with Gasteiger partial charge in [-0.3, -0.25) is 9.88 Å². The Morgan fingerprint density at radius 2 is 1.74 bits per heavy atom. The molecule has 2 aliphatic rings. The number of rotatable bonds is 6. The molecule has 3 heterocycles. The van der Waals surface area contributed by atoms with Crippen molar-refractivity contribution in [3.8, 4) is 11.3 Å². The van der Waals surface area contributed by atoms with Crippen molar-refractivity contribution in [1.82, 2.24) is 20.1 Å². The topological polar surface area (TPSA) is 53.9 Å². The van der Waals surface area contributed by atoms with Gasteiger partial charge in [0.25, 0.3) is 6.43 Å². The fraction of sp³-hybridized carbons (Fsp3) is 0.400. The standard InChI is InChI=1S/C25H24F5N5/c1-13(21-4-2-3-5-31-21)35-11-14-6-17(7-15(14)12-35)32-22-10-19(25(29)30)24(34-33-22)18-8-16(26)9-20(27)23(18)28/h2-5,8-10,13-15,17,25H,6-7,11-12H2,1H3,(H,32,33)/t13-,14+,15+/m0/s1. The Morgan fingerprint density at radius 3 is 2.40 bits per heavy atom. The van der Waals surface area contributed by atoms with Crippen LogP contribution in [0.2, 0.25) is 0 Å². The second kappa shape index (κ2) is 9.49. The van der Waals surface area contributed by atoms with E-state index in [0.29, 0.717) is 24.0 Å². The van der Waals surface area contributed by atoms with E-state index in [9.17, 15) is 22.0 Å². The molecule has 10 heteroatoms. The maximum atomic E-state index is 14.2. The molecule has 1 aliphatic carbocycles. The van der Waals surface area contributed by atoms with E-state index in [-0.39, 0.29) is 17.9 Å². The van der Waals surface area contributed by atoms with Crippen LogP contribution >= 0.6 is 0 Å². The van der Waals surface area contributed by atoms with E-state index < -0.39 is 40.7 Å². The number of benzene rings is 1. The van der Waals surface area contributed by atoms with E-state index in [2.05, 4.69) is 32.3 Å². The van der Waals surface area contributed by atoms with Crippen molar-refractivity contribution in [2.24, 2.45) is 11.8 Å². The summed E-state index contributed by atoms with van der Waals surface area (Å²) in [4.78, 5) is 6.88. The van der Waals surface area contributed by atoms with Crippen LogP contribution in [0, 0.1) is 29.3 Å². The van der Waals surface area contributed by atoms with Crippen LogP contribution in [0.25, 0.3) is 11.3 Å². The molecule has 1 N–H and O–H groups in total. The lowest BCUT2D eigenvalue weighted by Gasteiger charge is -2.25. The van der Waals surface area contributed by atoms with Gasteiger partial charge in [-0.25, -0.2) is 22.0 Å². The fourth-order valence-corrected chi connectivity index (χ4v) is 5.37. The average Bonchev–Trinajstić information content (AvgIpc) is 3.40. The summed E-state index contributed by atoms with van der Waals surface area (Å²) in [6, 6.07) is 8.22. The maximum Gasteiger partial charge on any atom is 0.266 e. The van der Waals surface area contributed by atoms with Crippen LogP contribution < -0.4 is 5.32 Å².